The Labute approximate surface area is 130 Å². The summed E-state index contributed by atoms with van der Waals surface area (Å²) >= 11 is 0. The summed E-state index contributed by atoms with van der Waals surface area (Å²) in [4.78, 5) is 0. The summed E-state index contributed by atoms with van der Waals surface area (Å²) in [5.74, 6) is 0.940. The van der Waals surface area contributed by atoms with Gasteiger partial charge in [-0.25, -0.2) is 0 Å². The minimum absolute atomic E-state index is 0.224. The third kappa shape index (κ3) is 2.18. The number of nitrogens with zero attached hydrogens (tertiary/aromatic N) is 1. The Kier molecular flexibility index (Phi) is 3.35. The Morgan fingerprint density at radius 1 is 1.14 bits per heavy atom. The summed E-state index contributed by atoms with van der Waals surface area (Å²) in [7, 11) is 0. The first-order valence-electron chi connectivity index (χ1n) is 7.91. The van der Waals surface area contributed by atoms with Gasteiger partial charge < -0.3 is 14.6 Å². The molecule has 112 valence electrons. The van der Waals surface area contributed by atoms with E-state index < -0.39 is 0 Å². The number of nitrogens with one attached hydrogen (secondary N) is 1. The van der Waals surface area contributed by atoms with E-state index in [1.54, 1.807) is 0 Å². The highest BCUT2D eigenvalue weighted by atomic mass is 16.5. The van der Waals surface area contributed by atoms with Crippen LogP contribution in [0.3, 0.4) is 0 Å². The first-order valence-corrected chi connectivity index (χ1v) is 7.91. The van der Waals surface area contributed by atoms with Gasteiger partial charge in [0.1, 0.15) is 5.75 Å². The molecule has 22 heavy (non-hydrogen) atoms. The Hall–Kier alpha value is -2.26. The van der Waals surface area contributed by atoms with E-state index in [2.05, 4.69) is 58.4 Å². The molecule has 0 bridgehead atoms. The van der Waals surface area contributed by atoms with E-state index >= 15 is 0 Å². The van der Waals surface area contributed by atoms with Gasteiger partial charge in [0.15, 0.2) is 0 Å². The topological polar surface area (TPSA) is 26.2 Å². The lowest BCUT2D eigenvalue weighted by molar-refractivity contribution is 0.339. The molecule has 3 heteroatoms. The number of rotatable bonds is 3. The second-order valence-electron chi connectivity index (χ2n) is 5.67. The van der Waals surface area contributed by atoms with Gasteiger partial charge in [0, 0.05) is 24.3 Å². The fraction of sp³-hybridized carbons (Fsp3) is 0.263. The molecule has 1 aliphatic heterocycles. The van der Waals surface area contributed by atoms with Crippen molar-refractivity contribution in [3.05, 3.63) is 65.9 Å². The SMILES string of the molecule is CCOc1cccc(C2NCCn3c2cc2ccccc23)c1. The summed E-state index contributed by atoms with van der Waals surface area (Å²) in [6.07, 6.45) is 0. The predicted molar refractivity (Wildman–Crippen MR) is 89.4 cm³/mol. The van der Waals surface area contributed by atoms with Crippen LogP contribution in [0.2, 0.25) is 0 Å². The summed E-state index contributed by atoms with van der Waals surface area (Å²) in [6.45, 7) is 4.71. The average Bonchev–Trinajstić information content (AvgIpc) is 2.94. The van der Waals surface area contributed by atoms with Crippen LogP contribution in [0, 0.1) is 0 Å². The van der Waals surface area contributed by atoms with E-state index in [1.807, 2.05) is 13.0 Å². The van der Waals surface area contributed by atoms with Crippen molar-refractivity contribution in [2.45, 2.75) is 19.5 Å². The highest BCUT2D eigenvalue weighted by molar-refractivity contribution is 5.81. The highest BCUT2D eigenvalue weighted by Crippen LogP contribution is 2.32. The average molecular weight is 292 g/mol. The Morgan fingerprint density at radius 2 is 2.05 bits per heavy atom. The van der Waals surface area contributed by atoms with Crippen LogP contribution in [0.1, 0.15) is 24.2 Å². The maximum Gasteiger partial charge on any atom is 0.119 e. The van der Waals surface area contributed by atoms with Gasteiger partial charge >= 0.3 is 0 Å². The van der Waals surface area contributed by atoms with E-state index in [0.29, 0.717) is 6.61 Å². The Morgan fingerprint density at radius 3 is 2.95 bits per heavy atom. The lowest BCUT2D eigenvalue weighted by Crippen LogP contribution is -2.33. The zero-order chi connectivity index (χ0) is 14.9. The van der Waals surface area contributed by atoms with Gasteiger partial charge in [-0.3, -0.25) is 0 Å². The zero-order valence-electron chi connectivity index (χ0n) is 12.8. The van der Waals surface area contributed by atoms with Crippen LogP contribution < -0.4 is 10.1 Å². The van der Waals surface area contributed by atoms with E-state index in [1.165, 1.54) is 22.2 Å². The van der Waals surface area contributed by atoms with Crippen molar-refractivity contribution in [3.63, 3.8) is 0 Å². The quantitative estimate of drug-likeness (QED) is 0.796. The molecule has 2 aromatic carbocycles. The normalized spacial score (nSPS) is 17.4. The van der Waals surface area contributed by atoms with Gasteiger partial charge in [-0.15, -0.1) is 0 Å². The molecule has 0 aliphatic carbocycles. The van der Waals surface area contributed by atoms with E-state index in [-0.39, 0.29) is 6.04 Å². The third-order valence-electron chi connectivity index (χ3n) is 4.32. The monoisotopic (exact) mass is 292 g/mol. The molecule has 1 unspecified atom stereocenters. The summed E-state index contributed by atoms with van der Waals surface area (Å²) in [5, 5.41) is 4.96. The molecule has 3 aromatic rings. The lowest BCUT2D eigenvalue weighted by Gasteiger charge is -2.27. The van der Waals surface area contributed by atoms with Crippen molar-refractivity contribution in [1.82, 2.24) is 9.88 Å². The fourth-order valence-corrected chi connectivity index (χ4v) is 3.38. The number of hydrogen-bond donors (Lipinski definition) is 1. The molecule has 1 atom stereocenters. The smallest absolute Gasteiger partial charge is 0.119 e. The second-order valence-corrected chi connectivity index (χ2v) is 5.67. The maximum absolute atomic E-state index is 5.65. The van der Waals surface area contributed by atoms with Gasteiger partial charge in [-0.1, -0.05) is 30.3 Å². The molecular formula is C19H20N2O. The molecule has 0 fully saturated rings. The molecular weight excluding hydrogens is 272 g/mol. The number of para-hydroxylation sites is 1. The molecule has 0 radical (unpaired) electrons. The molecule has 1 N–H and O–H groups in total. The van der Waals surface area contributed by atoms with Crippen LogP contribution >= 0.6 is 0 Å². The molecule has 2 heterocycles. The first-order chi connectivity index (χ1) is 10.9. The van der Waals surface area contributed by atoms with Gasteiger partial charge in [0.05, 0.1) is 12.6 Å². The van der Waals surface area contributed by atoms with Crippen molar-refractivity contribution < 1.29 is 4.74 Å². The molecule has 1 aromatic heterocycles. The lowest BCUT2D eigenvalue weighted by atomic mass is 10.0. The van der Waals surface area contributed by atoms with Gasteiger partial charge in [0.2, 0.25) is 0 Å². The largest absolute Gasteiger partial charge is 0.494 e. The minimum atomic E-state index is 0.224. The van der Waals surface area contributed by atoms with Gasteiger partial charge in [0.25, 0.3) is 0 Å². The maximum atomic E-state index is 5.65. The summed E-state index contributed by atoms with van der Waals surface area (Å²) in [5.41, 5.74) is 3.92. The number of benzene rings is 2. The van der Waals surface area contributed by atoms with Crippen LogP contribution in [-0.2, 0) is 6.54 Å². The molecule has 0 spiro atoms. The van der Waals surface area contributed by atoms with Crippen LogP contribution in [-0.4, -0.2) is 17.7 Å². The van der Waals surface area contributed by atoms with Crippen molar-refractivity contribution >= 4 is 10.9 Å². The van der Waals surface area contributed by atoms with E-state index in [9.17, 15) is 0 Å². The van der Waals surface area contributed by atoms with E-state index in [4.69, 9.17) is 4.74 Å². The Bertz CT molecular complexity index is 806. The molecule has 1 aliphatic rings. The molecule has 4 rings (SSSR count). The van der Waals surface area contributed by atoms with Crippen LogP contribution in [0.5, 0.6) is 5.75 Å². The van der Waals surface area contributed by atoms with E-state index in [0.717, 1.165) is 18.8 Å². The van der Waals surface area contributed by atoms with Gasteiger partial charge in [-0.2, -0.15) is 0 Å². The third-order valence-corrected chi connectivity index (χ3v) is 4.32. The standard InChI is InChI=1S/C19H20N2O/c1-2-22-16-8-5-7-15(12-16)19-18-13-14-6-3-4-9-17(14)21(18)11-10-20-19/h3-9,12-13,19-20H,2,10-11H2,1H3. The predicted octanol–water partition coefficient (Wildman–Crippen LogP) is 3.73. The summed E-state index contributed by atoms with van der Waals surface area (Å²) < 4.78 is 8.08. The highest BCUT2D eigenvalue weighted by Gasteiger charge is 2.23. The van der Waals surface area contributed by atoms with Crippen LogP contribution in [0.15, 0.2) is 54.6 Å². The zero-order valence-corrected chi connectivity index (χ0v) is 12.8. The summed E-state index contributed by atoms with van der Waals surface area (Å²) in [6, 6.07) is 19.6. The fourth-order valence-electron chi connectivity index (χ4n) is 3.38. The molecule has 0 saturated carbocycles. The van der Waals surface area contributed by atoms with Crippen molar-refractivity contribution in [3.8, 4) is 5.75 Å². The molecule has 3 nitrogen and oxygen atoms in total. The number of hydrogen-bond acceptors (Lipinski definition) is 2. The first kappa shape index (κ1) is 13.4. The molecule has 0 amide bonds. The van der Waals surface area contributed by atoms with Crippen molar-refractivity contribution in [2.24, 2.45) is 0 Å². The number of ether oxygens (including phenoxy) is 1. The van der Waals surface area contributed by atoms with Crippen LogP contribution in [0.4, 0.5) is 0 Å². The second kappa shape index (κ2) is 5.50. The Balaban J connectivity index is 1.80. The number of fused-ring (bicyclic) bond motifs is 3. The minimum Gasteiger partial charge on any atom is -0.494 e. The number of aromatic nitrogens is 1. The van der Waals surface area contributed by atoms with Gasteiger partial charge in [-0.05, 0) is 42.1 Å². The molecule has 0 saturated heterocycles. The van der Waals surface area contributed by atoms with Crippen LogP contribution in [0.25, 0.3) is 10.9 Å². The van der Waals surface area contributed by atoms with Crippen molar-refractivity contribution in [1.29, 1.82) is 0 Å². The van der Waals surface area contributed by atoms with Crippen molar-refractivity contribution in [2.75, 3.05) is 13.2 Å².